The molecule has 4 nitrogen and oxygen atoms in total. The molecule has 1 fully saturated rings. The number of rotatable bonds is 6. The van der Waals surface area contributed by atoms with Gasteiger partial charge in [-0.3, -0.25) is 0 Å². The van der Waals surface area contributed by atoms with Gasteiger partial charge in [0.25, 0.3) is 0 Å². The number of fused-ring (bicyclic) bond motifs is 1. The molecular weight excluding hydrogens is 394 g/mol. The highest BCUT2D eigenvalue weighted by Gasteiger charge is 2.42. The number of aromatic nitrogens is 1. The smallest absolute Gasteiger partial charge is 0.151 e. The highest BCUT2D eigenvalue weighted by Crippen LogP contribution is 2.54. The van der Waals surface area contributed by atoms with Gasteiger partial charge in [-0.25, -0.2) is 8.42 Å². The molecule has 3 aromatic rings. The molecule has 0 bridgehead atoms. The van der Waals surface area contributed by atoms with Crippen molar-refractivity contribution in [3.63, 3.8) is 0 Å². The van der Waals surface area contributed by atoms with Gasteiger partial charge in [-0.15, -0.1) is 0 Å². The Hall–Kier alpha value is -1.98. The van der Waals surface area contributed by atoms with Crippen molar-refractivity contribution in [2.45, 2.75) is 25.0 Å². The molecule has 1 heterocycles. The quantitative estimate of drug-likeness (QED) is 0.602. The summed E-state index contributed by atoms with van der Waals surface area (Å²) >= 11 is 6.18. The van der Waals surface area contributed by atoms with Crippen LogP contribution >= 0.6 is 11.6 Å². The first kappa shape index (κ1) is 19.3. The van der Waals surface area contributed by atoms with Gasteiger partial charge in [-0.1, -0.05) is 42.8 Å². The number of hydrogen-bond donors (Lipinski definition) is 1. The second-order valence-electron chi connectivity index (χ2n) is 7.89. The number of para-hydroxylation sites is 1. The topological polar surface area (TPSA) is 59.2 Å². The zero-order chi connectivity index (χ0) is 20.1. The third-order valence-electron chi connectivity index (χ3n) is 5.72. The molecule has 1 aliphatic carbocycles. The largest absolute Gasteiger partial charge is 0.496 e. The van der Waals surface area contributed by atoms with E-state index in [4.69, 9.17) is 16.3 Å². The summed E-state index contributed by atoms with van der Waals surface area (Å²) in [5.74, 6) is 2.14. The lowest BCUT2D eigenvalue weighted by atomic mass is 9.85. The van der Waals surface area contributed by atoms with Crippen LogP contribution in [0.5, 0.6) is 5.75 Å². The predicted octanol–water partition coefficient (Wildman–Crippen LogP) is 5.16. The molecule has 1 saturated carbocycles. The Balaban J connectivity index is 1.87. The van der Waals surface area contributed by atoms with Crippen LogP contribution in [-0.2, 0) is 15.6 Å². The summed E-state index contributed by atoms with van der Waals surface area (Å²) in [6.45, 7) is 2.27. The Bertz CT molecular complexity index is 1140. The number of sulfone groups is 1. The summed E-state index contributed by atoms with van der Waals surface area (Å²) in [6, 6.07) is 11.7. The minimum absolute atomic E-state index is 0.0268. The second kappa shape index (κ2) is 7.12. The average molecular weight is 418 g/mol. The molecule has 3 atom stereocenters. The van der Waals surface area contributed by atoms with Crippen molar-refractivity contribution in [1.29, 1.82) is 0 Å². The molecule has 0 aliphatic heterocycles. The molecular formula is C22H24ClNO3S. The SMILES string of the molecule is COc1cc(Cl)ccc1C(c1c[nH]c2c(CS(C)(=O)=O)cccc12)C1CC1C. The van der Waals surface area contributed by atoms with E-state index in [9.17, 15) is 8.42 Å². The minimum atomic E-state index is -3.11. The molecule has 1 aliphatic rings. The maximum Gasteiger partial charge on any atom is 0.151 e. The van der Waals surface area contributed by atoms with E-state index in [1.165, 1.54) is 11.8 Å². The molecule has 28 heavy (non-hydrogen) atoms. The molecule has 0 spiro atoms. The van der Waals surface area contributed by atoms with Crippen LogP contribution in [0.25, 0.3) is 10.9 Å². The molecule has 148 valence electrons. The number of benzene rings is 2. The summed E-state index contributed by atoms with van der Waals surface area (Å²) in [6.07, 6.45) is 4.45. The van der Waals surface area contributed by atoms with Crippen molar-refractivity contribution < 1.29 is 13.2 Å². The fraction of sp³-hybridized carbons (Fsp3) is 0.364. The van der Waals surface area contributed by atoms with E-state index >= 15 is 0 Å². The van der Waals surface area contributed by atoms with Crippen LogP contribution in [0, 0.1) is 11.8 Å². The van der Waals surface area contributed by atoms with Crippen molar-refractivity contribution in [3.05, 3.63) is 64.3 Å². The Morgan fingerprint density at radius 3 is 2.64 bits per heavy atom. The number of H-pyrrole nitrogens is 1. The molecule has 1 N–H and O–H groups in total. The van der Waals surface area contributed by atoms with E-state index in [2.05, 4.69) is 24.0 Å². The zero-order valence-electron chi connectivity index (χ0n) is 16.2. The number of halogens is 1. The first-order valence-electron chi connectivity index (χ1n) is 9.38. The first-order chi connectivity index (χ1) is 13.3. The van der Waals surface area contributed by atoms with Gasteiger partial charge in [0.1, 0.15) is 5.75 Å². The minimum Gasteiger partial charge on any atom is -0.496 e. The van der Waals surface area contributed by atoms with Crippen molar-refractivity contribution in [2.75, 3.05) is 13.4 Å². The number of hydrogen-bond acceptors (Lipinski definition) is 3. The van der Waals surface area contributed by atoms with Gasteiger partial charge in [0.2, 0.25) is 0 Å². The maximum absolute atomic E-state index is 11.8. The van der Waals surface area contributed by atoms with E-state index in [1.807, 2.05) is 30.5 Å². The summed E-state index contributed by atoms with van der Waals surface area (Å²) in [7, 11) is -1.45. The normalized spacial score (nSPS) is 20.3. The van der Waals surface area contributed by atoms with Crippen molar-refractivity contribution in [2.24, 2.45) is 11.8 Å². The van der Waals surface area contributed by atoms with Crippen LogP contribution in [-0.4, -0.2) is 26.8 Å². The lowest BCUT2D eigenvalue weighted by molar-refractivity contribution is 0.405. The molecule has 1 aromatic heterocycles. The average Bonchev–Trinajstić information content (AvgIpc) is 3.18. The van der Waals surface area contributed by atoms with Gasteiger partial charge in [0.15, 0.2) is 9.84 Å². The zero-order valence-corrected chi connectivity index (χ0v) is 17.8. The van der Waals surface area contributed by atoms with Gasteiger partial charge in [-0.05, 0) is 41.5 Å². The Labute approximate surface area is 170 Å². The van der Waals surface area contributed by atoms with E-state index in [0.717, 1.165) is 34.2 Å². The van der Waals surface area contributed by atoms with Crippen LogP contribution in [0.3, 0.4) is 0 Å². The Morgan fingerprint density at radius 1 is 1.25 bits per heavy atom. The molecule has 3 unspecified atom stereocenters. The first-order valence-corrected chi connectivity index (χ1v) is 11.8. The number of nitrogens with one attached hydrogen (secondary N) is 1. The summed E-state index contributed by atoms with van der Waals surface area (Å²) in [5.41, 5.74) is 4.00. The lowest BCUT2D eigenvalue weighted by Gasteiger charge is -2.20. The van der Waals surface area contributed by atoms with Gasteiger partial charge in [-0.2, -0.15) is 0 Å². The van der Waals surface area contributed by atoms with Gasteiger partial charge in [0.05, 0.1) is 12.9 Å². The third-order valence-corrected chi connectivity index (χ3v) is 6.79. The second-order valence-corrected chi connectivity index (χ2v) is 10.5. The van der Waals surface area contributed by atoms with Crippen LogP contribution in [0.4, 0.5) is 0 Å². The van der Waals surface area contributed by atoms with E-state index in [1.54, 1.807) is 7.11 Å². The van der Waals surface area contributed by atoms with Crippen molar-refractivity contribution in [1.82, 2.24) is 4.98 Å². The predicted molar refractivity (Wildman–Crippen MR) is 114 cm³/mol. The Morgan fingerprint density at radius 2 is 2.00 bits per heavy atom. The number of aromatic amines is 1. The Kier molecular flexibility index (Phi) is 4.92. The molecule has 6 heteroatoms. The van der Waals surface area contributed by atoms with E-state index in [-0.39, 0.29) is 11.7 Å². The highest BCUT2D eigenvalue weighted by molar-refractivity contribution is 7.89. The summed E-state index contributed by atoms with van der Waals surface area (Å²) < 4.78 is 29.3. The van der Waals surface area contributed by atoms with Crippen molar-refractivity contribution in [3.8, 4) is 5.75 Å². The third kappa shape index (κ3) is 3.65. The molecule has 2 aromatic carbocycles. The fourth-order valence-corrected chi connectivity index (χ4v) is 5.25. The highest BCUT2D eigenvalue weighted by atomic mass is 35.5. The van der Waals surface area contributed by atoms with Crippen LogP contribution in [0.1, 0.15) is 36.0 Å². The summed E-state index contributed by atoms with van der Waals surface area (Å²) in [5, 5.41) is 1.72. The molecule has 0 amide bonds. The van der Waals surface area contributed by atoms with Crippen molar-refractivity contribution >= 4 is 32.3 Å². The maximum atomic E-state index is 11.8. The summed E-state index contributed by atoms with van der Waals surface area (Å²) in [4.78, 5) is 3.34. The van der Waals surface area contributed by atoms with Crippen LogP contribution in [0.15, 0.2) is 42.6 Å². The van der Waals surface area contributed by atoms with Crippen LogP contribution < -0.4 is 4.74 Å². The number of ether oxygens (including phenoxy) is 1. The molecule has 4 rings (SSSR count). The van der Waals surface area contributed by atoms with Gasteiger partial charge in [0, 0.05) is 39.9 Å². The van der Waals surface area contributed by atoms with Crippen LogP contribution in [0.2, 0.25) is 5.02 Å². The standard InChI is InChI=1S/C22H24ClNO3S/c1-13-9-18(13)21(17-8-7-15(23)10-20(17)27-2)19-11-24-22-14(12-28(3,25)26)5-4-6-16(19)22/h4-8,10-11,13,18,21,24H,9,12H2,1-3H3. The molecule has 0 saturated heterocycles. The van der Waals surface area contributed by atoms with Gasteiger partial charge >= 0.3 is 0 Å². The van der Waals surface area contributed by atoms with E-state index in [0.29, 0.717) is 16.9 Å². The number of methoxy groups -OCH3 is 1. The fourth-order valence-electron chi connectivity index (χ4n) is 4.28. The lowest BCUT2D eigenvalue weighted by Crippen LogP contribution is -2.07. The van der Waals surface area contributed by atoms with Gasteiger partial charge < -0.3 is 9.72 Å². The molecule has 0 radical (unpaired) electrons. The van der Waals surface area contributed by atoms with E-state index < -0.39 is 9.84 Å². The monoisotopic (exact) mass is 417 g/mol.